The molecule has 1 aliphatic rings. The number of aryl methyl sites for hydroxylation is 1. The van der Waals surface area contributed by atoms with Crippen LogP contribution in [0.2, 0.25) is 0 Å². The van der Waals surface area contributed by atoms with Crippen molar-refractivity contribution in [2.24, 2.45) is 0 Å². The summed E-state index contributed by atoms with van der Waals surface area (Å²) >= 11 is 0. The van der Waals surface area contributed by atoms with Crippen molar-refractivity contribution >= 4 is 0 Å². The first-order chi connectivity index (χ1) is 8.35. The van der Waals surface area contributed by atoms with E-state index < -0.39 is 0 Å². The molecule has 2 rings (SSSR count). The topological polar surface area (TPSA) is 21.3 Å². The van der Waals surface area contributed by atoms with Gasteiger partial charge in [-0.3, -0.25) is 0 Å². The number of methoxy groups -OCH3 is 1. The second kappa shape index (κ2) is 6.06. The zero-order valence-electron chi connectivity index (χ0n) is 11.0. The predicted octanol–water partition coefficient (Wildman–Crippen LogP) is 3.11. The maximum Gasteiger partial charge on any atom is 0.122 e. The van der Waals surface area contributed by atoms with Gasteiger partial charge in [-0.1, -0.05) is 19.1 Å². The summed E-state index contributed by atoms with van der Waals surface area (Å²) < 4.78 is 5.52. The molecule has 1 N–H and O–H groups in total. The van der Waals surface area contributed by atoms with Crippen molar-refractivity contribution in [2.45, 2.75) is 38.5 Å². The summed E-state index contributed by atoms with van der Waals surface area (Å²) in [4.78, 5) is 0. The summed E-state index contributed by atoms with van der Waals surface area (Å²) in [5, 5.41) is 3.47. The third-order valence-electron chi connectivity index (χ3n) is 3.72. The Hall–Kier alpha value is -1.02. The van der Waals surface area contributed by atoms with Crippen molar-refractivity contribution in [1.29, 1.82) is 0 Å². The summed E-state index contributed by atoms with van der Waals surface area (Å²) in [7, 11) is 1.78. The average molecular weight is 233 g/mol. The maximum absolute atomic E-state index is 5.52. The first kappa shape index (κ1) is 12.4. The van der Waals surface area contributed by atoms with Gasteiger partial charge in [0.1, 0.15) is 5.75 Å². The monoisotopic (exact) mass is 233 g/mol. The highest BCUT2D eigenvalue weighted by Gasteiger charge is 2.18. The lowest BCUT2D eigenvalue weighted by Gasteiger charge is -2.18. The first-order valence-corrected chi connectivity index (χ1v) is 6.72. The number of hydrogen-bond donors (Lipinski definition) is 1. The Kier molecular flexibility index (Phi) is 4.43. The highest BCUT2D eigenvalue weighted by atomic mass is 16.5. The van der Waals surface area contributed by atoms with Crippen LogP contribution in [0.1, 0.15) is 43.2 Å². The number of nitrogens with one attached hydrogen (secondary N) is 1. The molecule has 1 aliphatic heterocycles. The van der Waals surface area contributed by atoms with Gasteiger partial charge in [-0.05, 0) is 61.9 Å². The molecular weight excluding hydrogens is 210 g/mol. The second-order valence-electron chi connectivity index (χ2n) is 4.81. The van der Waals surface area contributed by atoms with Crippen LogP contribution >= 0.6 is 0 Å². The Morgan fingerprint density at radius 1 is 1.29 bits per heavy atom. The van der Waals surface area contributed by atoms with Gasteiger partial charge in [-0.15, -0.1) is 0 Å². The van der Waals surface area contributed by atoms with E-state index in [1.54, 1.807) is 7.11 Å². The number of hydrogen-bond acceptors (Lipinski definition) is 2. The number of benzene rings is 1. The fourth-order valence-electron chi connectivity index (χ4n) is 2.65. The van der Waals surface area contributed by atoms with Crippen molar-refractivity contribution in [3.05, 3.63) is 29.3 Å². The minimum absolute atomic E-state index is 0.659. The van der Waals surface area contributed by atoms with Gasteiger partial charge < -0.3 is 10.1 Å². The fraction of sp³-hybridized carbons (Fsp3) is 0.600. The molecule has 1 aromatic rings. The summed E-state index contributed by atoms with van der Waals surface area (Å²) in [5.74, 6) is 1.72. The van der Waals surface area contributed by atoms with Crippen molar-refractivity contribution in [2.75, 3.05) is 20.2 Å². The van der Waals surface area contributed by atoms with Crippen LogP contribution in [0.4, 0.5) is 0 Å². The SMILES string of the molecule is CCc1ccc(OC)c(C2CCCNCC2)c1. The molecule has 1 unspecified atom stereocenters. The Bertz CT molecular complexity index is 354. The Morgan fingerprint density at radius 3 is 2.94 bits per heavy atom. The maximum atomic E-state index is 5.52. The van der Waals surface area contributed by atoms with E-state index in [9.17, 15) is 0 Å². The van der Waals surface area contributed by atoms with E-state index in [0.717, 1.165) is 25.3 Å². The average Bonchev–Trinajstić information content (AvgIpc) is 2.66. The molecule has 1 aromatic carbocycles. The van der Waals surface area contributed by atoms with Crippen LogP contribution in [0.3, 0.4) is 0 Å². The molecule has 0 aliphatic carbocycles. The van der Waals surface area contributed by atoms with Crippen molar-refractivity contribution in [1.82, 2.24) is 5.32 Å². The summed E-state index contributed by atoms with van der Waals surface area (Å²) in [6, 6.07) is 6.65. The van der Waals surface area contributed by atoms with E-state index in [1.807, 2.05) is 0 Å². The molecule has 0 aromatic heterocycles. The Labute approximate surface area is 104 Å². The number of rotatable bonds is 3. The third kappa shape index (κ3) is 3.01. The fourth-order valence-corrected chi connectivity index (χ4v) is 2.65. The molecule has 17 heavy (non-hydrogen) atoms. The first-order valence-electron chi connectivity index (χ1n) is 6.72. The molecule has 1 saturated heterocycles. The lowest BCUT2D eigenvalue weighted by molar-refractivity contribution is 0.402. The van der Waals surface area contributed by atoms with Gasteiger partial charge in [0, 0.05) is 0 Å². The molecule has 2 nitrogen and oxygen atoms in total. The van der Waals surface area contributed by atoms with E-state index in [2.05, 4.69) is 30.4 Å². The number of ether oxygens (including phenoxy) is 1. The van der Waals surface area contributed by atoms with Crippen LogP contribution in [0, 0.1) is 0 Å². The molecule has 0 amide bonds. The molecule has 0 bridgehead atoms. The molecule has 0 radical (unpaired) electrons. The molecule has 2 heteroatoms. The largest absolute Gasteiger partial charge is 0.496 e. The van der Waals surface area contributed by atoms with E-state index in [4.69, 9.17) is 4.74 Å². The lowest BCUT2D eigenvalue weighted by Crippen LogP contribution is -2.14. The van der Waals surface area contributed by atoms with Crippen LogP contribution in [-0.4, -0.2) is 20.2 Å². The molecule has 1 atom stereocenters. The van der Waals surface area contributed by atoms with Gasteiger partial charge in [-0.25, -0.2) is 0 Å². The molecule has 0 saturated carbocycles. The van der Waals surface area contributed by atoms with E-state index in [1.165, 1.54) is 30.4 Å². The standard InChI is InChI=1S/C15H23NO/c1-3-12-6-7-15(17-2)14(11-12)13-5-4-9-16-10-8-13/h6-7,11,13,16H,3-5,8-10H2,1-2H3. The lowest BCUT2D eigenvalue weighted by atomic mass is 9.90. The third-order valence-corrected chi connectivity index (χ3v) is 3.72. The van der Waals surface area contributed by atoms with Gasteiger partial charge >= 0.3 is 0 Å². The second-order valence-corrected chi connectivity index (χ2v) is 4.81. The minimum Gasteiger partial charge on any atom is -0.496 e. The van der Waals surface area contributed by atoms with Crippen molar-refractivity contribution in [3.63, 3.8) is 0 Å². The zero-order valence-corrected chi connectivity index (χ0v) is 11.0. The molecule has 94 valence electrons. The van der Waals surface area contributed by atoms with Crippen LogP contribution < -0.4 is 10.1 Å². The Morgan fingerprint density at radius 2 is 2.18 bits per heavy atom. The summed E-state index contributed by atoms with van der Waals surface area (Å²) in [6.45, 7) is 4.50. The van der Waals surface area contributed by atoms with Gasteiger partial charge in [-0.2, -0.15) is 0 Å². The molecular formula is C15H23NO. The van der Waals surface area contributed by atoms with Crippen LogP contribution in [0.25, 0.3) is 0 Å². The van der Waals surface area contributed by atoms with Crippen LogP contribution in [-0.2, 0) is 6.42 Å². The molecule has 1 fully saturated rings. The van der Waals surface area contributed by atoms with E-state index >= 15 is 0 Å². The van der Waals surface area contributed by atoms with Crippen molar-refractivity contribution in [3.8, 4) is 5.75 Å². The van der Waals surface area contributed by atoms with Crippen molar-refractivity contribution < 1.29 is 4.74 Å². The normalized spacial score (nSPS) is 20.9. The van der Waals surface area contributed by atoms with Gasteiger partial charge in [0.05, 0.1) is 7.11 Å². The summed E-state index contributed by atoms with van der Waals surface area (Å²) in [6.07, 6.45) is 4.87. The minimum atomic E-state index is 0.659. The van der Waals surface area contributed by atoms with E-state index in [0.29, 0.717) is 5.92 Å². The van der Waals surface area contributed by atoms with Gasteiger partial charge in [0.25, 0.3) is 0 Å². The van der Waals surface area contributed by atoms with Crippen LogP contribution in [0.5, 0.6) is 5.75 Å². The van der Waals surface area contributed by atoms with Crippen LogP contribution in [0.15, 0.2) is 18.2 Å². The molecule has 0 spiro atoms. The highest BCUT2D eigenvalue weighted by Crippen LogP contribution is 2.33. The Balaban J connectivity index is 2.26. The molecule has 1 heterocycles. The predicted molar refractivity (Wildman–Crippen MR) is 71.8 cm³/mol. The highest BCUT2D eigenvalue weighted by molar-refractivity contribution is 5.40. The quantitative estimate of drug-likeness (QED) is 0.866. The van der Waals surface area contributed by atoms with Gasteiger partial charge in [0.2, 0.25) is 0 Å². The zero-order chi connectivity index (χ0) is 12.1. The van der Waals surface area contributed by atoms with E-state index in [-0.39, 0.29) is 0 Å². The van der Waals surface area contributed by atoms with Gasteiger partial charge in [0.15, 0.2) is 0 Å². The smallest absolute Gasteiger partial charge is 0.122 e. The summed E-state index contributed by atoms with van der Waals surface area (Å²) in [5.41, 5.74) is 2.83.